The molecule has 1 aliphatic rings. The van der Waals surface area contributed by atoms with Gasteiger partial charge in [-0.2, -0.15) is 12.6 Å². The van der Waals surface area contributed by atoms with Crippen LogP contribution in [0.2, 0.25) is 0 Å². The number of aliphatic imine (C=N–C) groups is 1. The summed E-state index contributed by atoms with van der Waals surface area (Å²) in [4.78, 5) is 83.5. The maximum Gasteiger partial charge on any atom is 0.326 e. The number of likely N-dealkylation sites (tertiary alicyclic amines) is 1. The zero-order valence-electron chi connectivity index (χ0n) is 29.0. The molecule has 1 rings (SSSR count). The number of nitrogens with zero attached hydrogens (tertiary/aromatic N) is 2. The number of nitrogens with two attached hydrogens (primary N) is 3. The van der Waals surface area contributed by atoms with Gasteiger partial charge in [0.1, 0.15) is 30.2 Å². The van der Waals surface area contributed by atoms with Crippen molar-refractivity contribution in [1.29, 1.82) is 0 Å². The zero-order chi connectivity index (χ0) is 36.7. The Kier molecular flexibility index (Phi) is 18.3. The number of aliphatic carboxylic acids is 1. The number of amides is 5. The van der Waals surface area contributed by atoms with E-state index in [-0.39, 0.29) is 49.5 Å². The van der Waals surface area contributed by atoms with Crippen molar-refractivity contribution in [2.24, 2.45) is 39.9 Å². The normalized spacial score (nSPS) is 17.6. The molecule has 0 aromatic carbocycles. The Bertz CT molecular complexity index is 1150. The van der Waals surface area contributed by atoms with Crippen LogP contribution in [0, 0.1) is 17.8 Å². The highest BCUT2D eigenvalue weighted by molar-refractivity contribution is 7.80. The first-order valence-electron chi connectivity index (χ1n) is 16.6. The highest BCUT2D eigenvalue weighted by atomic mass is 32.1. The summed E-state index contributed by atoms with van der Waals surface area (Å²) in [6.45, 7) is 11.4. The first-order chi connectivity index (χ1) is 22.4. The zero-order valence-corrected chi connectivity index (χ0v) is 29.9. The van der Waals surface area contributed by atoms with E-state index in [4.69, 9.17) is 17.2 Å². The maximum absolute atomic E-state index is 13.8. The average Bonchev–Trinajstić information content (AvgIpc) is 3.48. The van der Waals surface area contributed by atoms with Crippen LogP contribution in [0.15, 0.2) is 4.99 Å². The molecular weight excluding hydrogens is 642 g/mol. The van der Waals surface area contributed by atoms with Crippen molar-refractivity contribution in [2.45, 2.75) is 116 Å². The Morgan fingerprint density at radius 2 is 1.44 bits per heavy atom. The van der Waals surface area contributed by atoms with Crippen molar-refractivity contribution >= 4 is 54.1 Å². The van der Waals surface area contributed by atoms with Gasteiger partial charge in [0.25, 0.3) is 0 Å². The third-order valence-corrected chi connectivity index (χ3v) is 8.21. The van der Waals surface area contributed by atoms with Crippen molar-refractivity contribution < 1.29 is 33.9 Å². The van der Waals surface area contributed by atoms with E-state index in [2.05, 4.69) is 38.9 Å². The van der Waals surface area contributed by atoms with Crippen LogP contribution >= 0.6 is 12.6 Å². The fourth-order valence-electron chi connectivity index (χ4n) is 5.36. The topological polar surface area (TPSA) is 264 Å². The van der Waals surface area contributed by atoms with Gasteiger partial charge in [0.2, 0.25) is 29.5 Å². The molecule has 5 amide bonds. The number of nitrogens with one attached hydrogen (secondary N) is 4. The molecule has 0 aromatic rings. The molecule has 1 fully saturated rings. The molecule has 0 aliphatic carbocycles. The second-order valence-electron chi connectivity index (χ2n) is 13.4. The standard InChI is InChI=1S/C31H57N9O7S/c1-16(2)13-19(32)25(41)36-20(9-7-11-35-31(33)34)29(45)40-12-8-10-23(40)27(43)39-24(18(5)6)28(44)38-22(15-48)26(42)37-21(30(46)47)14-17(3)4/h16-24,48H,7-15,32H2,1-6H3,(H,36,41)(H,37,42)(H,38,44)(H,39,43)(H,46,47)(H4,33,34,35)/t19-,20-,21-,22-,23-,24-/m0/s1. The minimum Gasteiger partial charge on any atom is -0.480 e. The van der Waals surface area contributed by atoms with Crippen LogP contribution < -0.4 is 38.5 Å². The van der Waals surface area contributed by atoms with Crippen LogP contribution in [0.25, 0.3) is 0 Å². The van der Waals surface area contributed by atoms with E-state index < -0.39 is 77.7 Å². The summed E-state index contributed by atoms with van der Waals surface area (Å²) in [5.41, 5.74) is 16.9. The van der Waals surface area contributed by atoms with Crippen LogP contribution in [-0.2, 0) is 28.8 Å². The summed E-state index contributed by atoms with van der Waals surface area (Å²) >= 11 is 4.17. The van der Waals surface area contributed by atoms with E-state index in [1.54, 1.807) is 13.8 Å². The smallest absolute Gasteiger partial charge is 0.326 e. The average molecular weight is 700 g/mol. The number of guanidine groups is 1. The molecule has 0 bridgehead atoms. The Hall–Kier alpha value is -3.60. The number of carboxylic acids is 1. The van der Waals surface area contributed by atoms with Crippen LogP contribution in [0.4, 0.5) is 0 Å². The summed E-state index contributed by atoms with van der Waals surface area (Å²) in [7, 11) is 0. The molecule has 1 heterocycles. The molecule has 0 aromatic heterocycles. The third kappa shape index (κ3) is 14.3. The molecule has 48 heavy (non-hydrogen) atoms. The van der Waals surface area contributed by atoms with Gasteiger partial charge in [-0.3, -0.25) is 29.0 Å². The molecule has 274 valence electrons. The largest absolute Gasteiger partial charge is 0.480 e. The Balaban J connectivity index is 3.09. The highest BCUT2D eigenvalue weighted by Gasteiger charge is 2.40. The minimum absolute atomic E-state index is 0.00305. The Labute approximate surface area is 288 Å². The number of carbonyl (C=O) groups excluding carboxylic acids is 5. The summed E-state index contributed by atoms with van der Waals surface area (Å²) in [6, 6.07) is -6.11. The number of hydrogen-bond donors (Lipinski definition) is 9. The molecule has 16 nitrogen and oxygen atoms in total. The van der Waals surface area contributed by atoms with Gasteiger partial charge in [-0.15, -0.1) is 0 Å². The molecule has 1 aliphatic heterocycles. The van der Waals surface area contributed by atoms with Crippen LogP contribution in [-0.4, -0.2) is 107 Å². The number of hydrogen-bond acceptors (Lipinski definition) is 9. The van der Waals surface area contributed by atoms with Crippen molar-refractivity contribution in [3.63, 3.8) is 0 Å². The summed E-state index contributed by atoms with van der Waals surface area (Å²) < 4.78 is 0. The summed E-state index contributed by atoms with van der Waals surface area (Å²) in [5.74, 6) is -4.57. The van der Waals surface area contributed by atoms with E-state index in [0.29, 0.717) is 25.7 Å². The lowest BCUT2D eigenvalue weighted by atomic mass is 10.0. The molecule has 17 heteroatoms. The molecule has 0 spiro atoms. The third-order valence-electron chi connectivity index (χ3n) is 7.84. The molecule has 0 unspecified atom stereocenters. The van der Waals surface area contributed by atoms with Crippen LogP contribution in [0.1, 0.15) is 80.1 Å². The fraction of sp³-hybridized carbons (Fsp3) is 0.774. The second kappa shape index (κ2) is 20.7. The van der Waals surface area contributed by atoms with Gasteiger partial charge in [-0.05, 0) is 56.3 Å². The van der Waals surface area contributed by atoms with Gasteiger partial charge in [0.05, 0.1) is 6.04 Å². The van der Waals surface area contributed by atoms with Crippen molar-refractivity contribution in [3.05, 3.63) is 0 Å². The first kappa shape index (κ1) is 42.4. The van der Waals surface area contributed by atoms with Crippen molar-refractivity contribution in [2.75, 3.05) is 18.8 Å². The molecule has 11 N–H and O–H groups in total. The van der Waals surface area contributed by atoms with E-state index in [0.717, 1.165) is 0 Å². The van der Waals surface area contributed by atoms with Gasteiger partial charge in [-0.1, -0.05) is 41.5 Å². The van der Waals surface area contributed by atoms with E-state index in [9.17, 15) is 33.9 Å². The van der Waals surface area contributed by atoms with Crippen LogP contribution in [0.3, 0.4) is 0 Å². The summed E-state index contributed by atoms with van der Waals surface area (Å²) in [5, 5.41) is 20.0. The van der Waals surface area contributed by atoms with Gasteiger partial charge in [0, 0.05) is 18.8 Å². The first-order valence-corrected chi connectivity index (χ1v) is 17.2. The molecule has 0 saturated carbocycles. The second-order valence-corrected chi connectivity index (χ2v) is 13.8. The van der Waals surface area contributed by atoms with E-state index in [1.165, 1.54) is 4.90 Å². The molecule has 0 radical (unpaired) electrons. The van der Waals surface area contributed by atoms with Gasteiger partial charge in [0.15, 0.2) is 5.96 Å². The number of thiol groups is 1. The van der Waals surface area contributed by atoms with Crippen molar-refractivity contribution in [1.82, 2.24) is 26.2 Å². The lowest BCUT2D eigenvalue weighted by Crippen LogP contribution is -2.60. The predicted octanol–water partition coefficient (Wildman–Crippen LogP) is -0.940. The molecular formula is C31H57N9O7S. The number of carbonyl (C=O) groups is 6. The van der Waals surface area contributed by atoms with Gasteiger partial charge >= 0.3 is 5.97 Å². The SMILES string of the molecule is CC(C)C[C@H](NC(=O)[C@H](CS)NC(=O)[C@@H](NC(=O)[C@@H]1CCCN1C(=O)[C@H](CCCN=C(N)N)NC(=O)[C@@H](N)CC(C)C)C(C)C)C(=O)O. The van der Waals surface area contributed by atoms with Crippen LogP contribution in [0.5, 0.6) is 0 Å². The highest BCUT2D eigenvalue weighted by Crippen LogP contribution is 2.21. The quantitative estimate of drug-likeness (QED) is 0.0326. The Morgan fingerprint density at radius 1 is 0.854 bits per heavy atom. The maximum atomic E-state index is 13.8. The van der Waals surface area contributed by atoms with E-state index in [1.807, 2.05) is 27.7 Å². The fourth-order valence-corrected chi connectivity index (χ4v) is 5.62. The summed E-state index contributed by atoms with van der Waals surface area (Å²) in [6.07, 6.45) is 2.04. The Morgan fingerprint density at radius 3 is 1.96 bits per heavy atom. The predicted molar refractivity (Wildman–Crippen MR) is 186 cm³/mol. The molecule has 6 atom stereocenters. The lowest BCUT2D eigenvalue weighted by Gasteiger charge is -2.31. The minimum atomic E-state index is -1.20. The number of carboxylic acid groups (broad SMARTS) is 1. The van der Waals surface area contributed by atoms with Gasteiger partial charge < -0.3 is 48.5 Å². The molecule has 1 saturated heterocycles. The monoisotopic (exact) mass is 699 g/mol. The van der Waals surface area contributed by atoms with Gasteiger partial charge in [-0.25, -0.2) is 4.79 Å². The van der Waals surface area contributed by atoms with Crippen molar-refractivity contribution in [3.8, 4) is 0 Å². The number of rotatable bonds is 20. The van der Waals surface area contributed by atoms with E-state index >= 15 is 0 Å². The lowest BCUT2D eigenvalue weighted by molar-refractivity contribution is -0.143.